The summed E-state index contributed by atoms with van der Waals surface area (Å²) >= 11 is 1.55. The van der Waals surface area contributed by atoms with E-state index in [1.54, 1.807) is 11.3 Å². The van der Waals surface area contributed by atoms with Gasteiger partial charge in [-0.1, -0.05) is 0 Å². The fourth-order valence-corrected chi connectivity index (χ4v) is 7.62. The van der Waals surface area contributed by atoms with E-state index in [9.17, 15) is 9.59 Å². The van der Waals surface area contributed by atoms with Crippen molar-refractivity contribution in [2.24, 2.45) is 23.2 Å². The Hall–Kier alpha value is -1.40. The zero-order valence-electron chi connectivity index (χ0n) is 15.5. The molecule has 5 aliphatic carbocycles. The zero-order valence-corrected chi connectivity index (χ0v) is 16.3. The summed E-state index contributed by atoms with van der Waals surface area (Å²) in [7, 11) is 0. The van der Waals surface area contributed by atoms with Crippen molar-refractivity contribution in [2.45, 2.75) is 64.0 Å². The third-order valence-electron chi connectivity index (χ3n) is 7.63. The minimum atomic E-state index is -0.168. The first-order valence-corrected chi connectivity index (χ1v) is 11.3. The quantitative estimate of drug-likeness (QED) is 0.833. The Balaban J connectivity index is 1.32. The molecule has 2 atom stereocenters. The van der Waals surface area contributed by atoms with Crippen molar-refractivity contribution in [1.82, 2.24) is 5.32 Å². The van der Waals surface area contributed by atoms with Crippen LogP contribution in [0, 0.1) is 23.2 Å². The molecule has 1 aromatic heterocycles. The molecule has 5 fully saturated rings. The number of rotatable bonds is 4. The Kier molecular flexibility index (Phi) is 3.55. The SMILES string of the molecule is O=C(NC1CC1)c1c(NC(=O)C23CC4CC(CC2C4)C3)sc2c1CCOC2. The van der Waals surface area contributed by atoms with Gasteiger partial charge >= 0.3 is 0 Å². The molecule has 0 spiro atoms. The Labute approximate surface area is 163 Å². The van der Waals surface area contributed by atoms with E-state index in [-0.39, 0.29) is 17.2 Å². The van der Waals surface area contributed by atoms with Gasteiger partial charge in [-0.3, -0.25) is 9.59 Å². The first kappa shape index (κ1) is 16.5. The van der Waals surface area contributed by atoms with Crippen LogP contribution in [-0.4, -0.2) is 24.5 Å². The van der Waals surface area contributed by atoms with Gasteiger partial charge in [-0.2, -0.15) is 0 Å². The molecule has 2 unspecified atom stereocenters. The number of carbonyl (C=O) groups is 2. The van der Waals surface area contributed by atoms with E-state index >= 15 is 0 Å². The predicted molar refractivity (Wildman–Crippen MR) is 103 cm³/mol. The van der Waals surface area contributed by atoms with Crippen molar-refractivity contribution in [3.63, 3.8) is 0 Å². The highest BCUT2D eigenvalue weighted by Crippen LogP contribution is 2.65. The summed E-state index contributed by atoms with van der Waals surface area (Å²) in [5, 5.41) is 7.13. The summed E-state index contributed by atoms with van der Waals surface area (Å²) in [6.45, 7) is 1.20. The molecule has 1 aliphatic heterocycles. The lowest BCUT2D eigenvalue weighted by molar-refractivity contribution is -0.127. The molecule has 27 heavy (non-hydrogen) atoms. The number of hydrogen-bond acceptors (Lipinski definition) is 4. The molecule has 0 saturated heterocycles. The average molecular weight is 387 g/mol. The van der Waals surface area contributed by atoms with E-state index in [1.165, 1.54) is 19.3 Å². The normalized spacial score (nSPS) is 35.9. The summed E-state index contributed by atoms with van der Waals surface area (Å²) in [5.41, 5.74) is 1.64. The molecule has 2 heterocycles. The van der Waals surface area contributed by atoms with Crippen molar-refractivity contribution in [3.8, 4) is 0 Å². The van der Waals surface area contributed by atoms with Gasteiger partial charge in [0.05, 0.1) is 24.2 Å². The second-order valence-corrected chi connectivity index (χ2v) is 10.5. The number of amides is 2. The van der Waals surface area contributed by atoms with E-state index in [0.717, 1.165) is 59.4 Å². The number of hydrogen-bond donors (Lipinski definition) is 2. The van der Waals surface area contributed by atoms with E-state index in [1.807, 2.05) is 0 Å². The van der Waals surface area contributed by atoms with Crippen LogP contribution in [0.15, 0.2) is 0 Å². The van der Waals surface area contributed by atoms with Gasteiger partial charge in [0.1, 0.15) is 5.00 Å². The van der Waals surface area contributed by atoms with Crippen LogP contribution in [0.5, 0.6) is 0 Å². The highest BCUT2D eigenvalue weighted by molar-refractivity contribution is 7.17. The summed E-state index contributed by atoms with van der Waals surface area (Å²) < 4.78 is 5.60. The Bertz CT molecular complexity index is 814. The van der Waals surface area contributed by atoms with Gasteiger partial charge in [-0.25, -0.2) is 0 Å². The average Bonchev–Trinajstić information content (AvgIpc) is 3.25. The molecule has 2 N–H and O–H groups in total. The van der Waals surface area contributed by atoms with Gasteiger partial charge in [0.2, 0.25) is 5.91 Å². The molecule has 5 nitrogen and oxygen atoms in total. The van der Waals surface area contributed by atoms with Gasteiger partial charge in [-0.05, 0) is 74.7 Å². The summed E-state index contributed by atoms with van der Waals surface area (Å²) in [5.74, 6) is 2.22. The van der Waals surface area contributed by atoms with E-state index in [2.05, 4.69) is 10.6 Å². The third-order valence-corrected chi connectivity index (χ3v) is 8.75. The first-order chi connectivity index (χ1) is 13.1. The molecule has 6 aliphatic rings. The number of thiophene rings is 1. The van der Waals surface area contributed by atoms with Gasteiger partial charge in [0, 0.05) is 10.9 Å². The standard InChI is InChI=1S/C21H26N2O3S/c24-18(22-14-1-2-14)17-15-3-4-26-10-16(15)27-19(17)23-20(25)21-8-11-5-12(9-21)7-13(21)6-11/h11-14H,1-10H2,(H,22,24)(H,23,25). The molecular formula is C21H26N2O3S. The molecule has 4 bridgehead atoms. The number of ether oxygens (including phenoxy) is 1. The lowest BCUT2D eigenvalue weighted by Gasteiger charge is -2.31. The maximum absolute atomic E-state index is 13.4. The van der Waals surface area contributed by atoms with Crippen molar-refractivity contribution >= 4 is 28.2 Å². The highest BCUT2D eigenvalue weighted by atomic mass is 32.1. The van der Waals surface area contributed by atoms with Crippen LogP contribution in [0.2, 0.25) is 0 Å². The topological polar surface area (TPSA) is 67.4 Å². The van der Waals surface area contributed by atoms with Crippen LogP contribution in [0.3, 0.4) is 0 Å². The number of carbonyl (C=O) groups excluding carboxylic acids is 2. The molecule has 2 amide bonds. The Morgan fingerprint density at radius 1 is 1.11 bits per heavy atom. The molecule has 7 rings (SSSR count). The van der Waals surface area contributed by atoms with Crippen LogP contribution >= 0.6 is 11.3 Å². The van der Waals surface area contributed by atoms with Crippen LogP contribution in [0.25, 0.3) is 0 Å². The first-order valence-electron chi connectivity index (χ1n) is 10.5. The van der Waals surface area contributed by atoms with Crippen LogP contribution in [-0.2, 0) is 22.6 Å². The maximum atomic E-state index is 13.4. The van der Waals surface area contributed by atoms with Crippen LogP contribution in [0.4, 0.5) is 5.00 Å². The number of nitrogens with one attached hydrogen (secondary N) is 2. The van der Waals surface area contributed by atoms with Gasteiger partial charge in [0.15, 0.2) is 0 Å². The minimum Gasteiger partial charge on any atom is -0.376 e. The zero-order chi connectivity index (χ0) is 18.2. The molecule has 144 valence electrons. The second kappa shape index (κ2) is 5.80. The fraction of sp³-hybridized carbons (Fsp3) is 0.714. The van der Waals surface area contributed by atoms with Crippen LogP contribution < -0.4 is 10.6 Å². The fourth-order valence-electron chi connectivity index (χ4n) is 6.44. The molecule has 5 saturated carbocycles. The molecule has 6 heteroatoms. The molecule has 0 aromatic carbocycles. The molecular weight excluding hydrogens is 360 g/mol. The number of anilines is 1. The van der Waals surface area contributed by atoms with E-state index in [0.29, 0.717) is 30.7 Å². The van der Waals surface area contributed by atoms with Crippen molar-refractivity contribution in [1.29, 1.82) is 0 Å². The second-order valence-electron chi connectivity index (χ2n) is 9.41. The summed E-state index contributed by atoms with van der Waals surface area (Å²) in [4.78, 5) is 27.5. The molecule has 1 aromatic rings. The van der Waals surface area contributed by atoms with Crippen molar-refractivity contribution in [3.05, 3.63) is 16.0 Å². The van der Waals surface area contributed by atoms with Gasteiger partial charge < -0.3 is 15.4 Å². The largest absolute Gasteiger partial charge is 0.376 e. The lowest BCUT2D eigenvalue weighted by atomic mass is 9.75. The van der Waals surface area contributed by atoms with Gasteiger partial charge in [-0.15, -0.1) is 11.3 Å². The smallest absolute Gasteiger partial charge is 0.254 e. The minimum absolute atomic E-state index is 0.0121. The highest BCUT2D eigenvalue weighted by Gasteiger charge is 2.61. The Morgan fingerprint density at radius 3 is 2.63 bits per heavy atom. The van der Waals surface area contributed by atoms with Crippen LogP contribution in [0.1, 0.15) is 65.7 Å². The third kappa shape index (κ3) is 2.52. The predicted octanol–water partition coefficient (Wildman–Crippen LogP) is 3.48. The van der Waals surface area contributed by atoms with E-state index in [4.69, 9.17) is 4.74 Å². The number of fused-ring (bicyclic) bond motifs is 1. The van der Waals surface area contributed by atoms with E-state index < -0.39 is 0 Å². The van der Waals surface area contributed by atoms with Gasteiger partial charge in [0.25, 0.3) is 5.91 Å². The molecule has 0 radical (unpaired) electrons. The lowest BCUT2D eigenvalue weighted by Crippen LogP contribution is -2.38. The van der Waals surface area contributed by atoms with Crippen molar-refractivity contribution < 1.29 is 14.3 Å². The van der Waals surface area contributed by atoms with Crippen molar-refractivity contribution in [2.75, 3.05) is 11.9 Å². The summed E-state index contributed by atoms with van der Waals surface area (Å²) in [6.07, 6.45) is 8.78. The monoisotopic (exact) mass is 386 g/mol. The maximum Gasteiger partial charge on any atom is 0.254 e. The summed E-state index contributed by atoms with van der Waals surface area (Å²) in [6, 6.07) is 0.316. The Morgan fingerprint density at radius 2 is 1.89 bits per heavy atom.